The van der Waals surface area contributed by atoms with Crippen LogP contribution in [-0.4, -0.2) is 17.6 Å². The van der Waals surface area contributed by atoms with Gasteiger partial charge in [0.1, 0.15) is 5.56 Å². The van der Waals surface area contributed by atoms with Crippen LogP contribution < -0.4 is 5.32 Å². The van der Waals surface area contributed by atoms with Gasteiger partial charge in [-0.25, -0.2) is 4.79 Å². The number of fused-ring (bicyclic) bond motifs is 1. The third-order valence-corrected chi connectivity index (χ3v) is 4.28. The minimum absolute atomic E-state index is 0.0589. The first-order valence-electron chi connectivity index (χ1n) is 7.99. The quantitative estimate of drug-likeness (QED) is 0.512. The number of rotatable bonds is 4. The number of carbonyl (C=O) groups is 1. The molecule has 0 unspecified atom stereocenters. The van der Waals surface area contributed by atoms with Gasteiger partial charge in [0.2, 0.25) is 0 Å². The van der Waals surface area contributed by atoms with E-state index in [2.05, 4.69) is 26.2 Å². The normalized spacial score (nSPS) is 11.4. The maximum absolute atomic E-state index is 13.2. The summed E-state index contributed by atoms with van der Waals surface area (Å²) in [5, 5.41) is 3.21. The zero-order chi connectivity index (χ0) is 19.6. The van der Waals surface area contributed by atoms with Gasteiger partial charge in [0.15, 0.2) is 0 Å². The summed E-state index contributed by atoms with van der Waals surface area (Å²) in [5.74, 6) is -0.665. The number of hydrogen-bond donors (Lipinski definition) is 1. The number of alkyl halides is 3. The minimum atomic E-state index is -4.51. The number of anilines is 2. The lowest BCUT2D eigenvalue weighted by atomic mass is 10.1. The summed E-state index contributed by atoms with van der Waals surface area (Å²) >= 11 is 3.34. The molecule has 0 spiro atoms. The van der Waals surface area contributed by atoms with E-state index in [4.69, 9.17) is 4.74 Å². The van der Waals surface area contributed by atoms with Crippen molar-refractivity contribution in [3.63, 3.8) is 0 Å². The summed E-state index contributed by atoms with van der Waals surface area (Å²) in [6.07, 6.45) is -3.21. The molecule has 3 aromatic rings. The van der Waals surface area contributed by atoms with Crippen LogP contribution in [0.2, 0.25) is 0 Å². The highest BCUT2D eigenvalue weighted by molar-refractivity contribution is 9.10. The van der Waals surface area contributed by atoms with Crippen LogP contribution in [0.25, 0.3) is 10.9 Å². The number of hydrogen-bond acceptors (Lipinski definition) is 4. The average Bonchev–Trinajstić information content (AvgIpc) is 2.61. The summed E-state index contributed by atoms with van der Waals surface area (Å²) in [6.45, 7) is 1.78. The summed E-state index contributed by atoms with van der Waals surface area (Å²) in [5.41, 5.74) is 0.370. The Morgan fingerprint density at radius 1 is 1.22 bits per heavy atom. The predicted molar refractivity (Wildman–Crippen MR) is 100 cm³/mol. The maximum atomic E-state index is 13.2. The molecule has 0 saturated carbocycles. The number of nitrogens with one attached hydrogen (secondary N) is 1. The lowest BCUT2D eigenvalue weighted by Gasteiger charge is -2.16. The zero-order valence-corrected chi connectivity index (χ0v) is 15.7. The fourth-order valence-corrected chi connectivity index (χ4v) is 2.98. The molecule has 0 aliphatic rings. The van der Waals surface area contributed by atoms with E-state index in [1.807, 2.05) is 6.07 Å². The molecule has 4 nitrogen and oxygen atoms in total. The molecule has 0 radical (unpaired) electrons. The Hall–Kier alpha value is -2.61. The molecule has 3 rings (SSSR count). The van der Waals surface area contributed by atoms with E-state index in [0.717, 1.165) is 16.6 Å². The highest BCUT2D eigenvalue weighted by atomic mass is 79.9. The van der Waals surface area contributed by atoms with E-state index in [1.54, 1.807) is 25.1 Å². The number of halogens is 4. The molecular weight excluding hydrogens is 425 g/mol. The first kappa shape index (κ1) is 19.2. The molecule has 0 saturated heterocycles. The Morgan fingerprint density at radius 3 is 2.67 bits per heavy atom. The number of aromatic nitrogens is 1. The fourth-order valence-electron chi connectivity index (χ4n) is 2.58. The highest BCUT2D eigenvalue weighted by Gasteiger charge is 2.31. The largest absolute Gasteiger partial charge is 0.462 e. The van der Waals surface area contributed by atoms with Gasteiger partial charge in [0.25, 0.3) is 0 Å². The molecular formula is C19H14BrF3N2O2. The number of nitrogens with zero attached hydrogens (tertiary/aromatic N) is 1. The second-order valence-corrected chi connectivity index (χ2v) is 6.55. The first-order valence-corrected chi connectivity index (χ1v) is 8.78. The van der Waals surface area contributed by atoms with Crippen molar-refractivity contribution in [2.24, 2.45) is 0 Å². The van der Waals surface area contributed by atoms with Crippen molar-refractivity contribution in [2.75, 3.05) is 11.9 Å². The third-order valence-electron chi connectivity index (χ3n) is 3.78. The fraction of sp³-hybridized carbons (Fsp3) is 0.158. The molecule has 0 atom stereocenters. The van der Waals surface area contributed by atoms with Crippen molar-refractivity contribution < 1.29 is 22.7 Å². The van der Waals surface area contributed by atoms with Crippen LogP contribution in [0.4, 0.5) is 24.5 Å². The van der Waals surface area contributed by atoms with E-state index in [-0.39, 0.29) is 23.2 Å². The van der Waals surface area contributed by atoms with Crippen LogP contribution in [0.5, 0.6) is 0 Å². The van der Waals surface area contributed by atoms with Crippen LogP contribution in [0, 0.1) is 0 Å². The van der Waals surface area contributed by atoms with Crippen LogP contribution in [-0.2, 0) is 10.9 Å². The molecule has 2 aromatic carbocycles. The molecule has 0 aliphatic heterocycles. The van der Waals surface area contributed by atoms with E-state index in [1.165, 1.54) is 12.3 Å². The zero-order valence-electron chi connectivity index (χ0n) is 14.1. The molecule has 0 amide bonds. The van der Waals surface area contributed by atoms with Crippen molar-refractivity contribution >= 4 is 44.2 Å². The van der Waals surface area contributed by atoms with Gasteiger partial charge >= 0.3 is 12.1 Å². The van der Waals surface area contributed by atoms with Gasteiger partial charge in [0, 0.05) is 21.7 Å². The van der Waals surface area contributed by atoms with E-state index < -0.39 is 17.7 Å². The van der Waals surface area contributed by atoms with Crippen LogP contribution in [0.3, 0.4) is 0 Å². The molecule has 0 fully saturated rings. The number of esters is 1. The minimum Gasteiger partial charge on any atom is -0.462 e. The van der Waals surface area contributed by atoms with Gasteiger partial charge in [-0.1, -0.05) is 22.0 Å². The Bertz CT molecular complexity index is 1010. The molecule has 1 heterocycles. The van der Waals surface area contributed by atoms with E-state index >= 15 is 0 Å². The standard InChI is InChI=1S/C19H14BrF3N2O2/c1-2-27-18(26)15-10-24-16-7-6-11(19(21,22)23)8-14(16)17(15)25-13-5-3-4-12(20)9-13/h3-10H,2H2,1H3,(H,24,25). The van der Waals surface area contributed by atoms with Gasteiger partial charge in [0.05, 0.1) is 23.4 Å². The second kappa shape index (κ2) is 7.56. The van der Waals surface area contributed by atoms with Gasteiger partial charge in [-0.15, -0.1) is 0 Å². The van der Waals surface area contributed by atoms with Crippen LogP contribution in [0.1, 0.15) is 22.8 Å². The lowest BCUT2D eigenvalue weighted by molar-refractivity contribution is -0.137. The third kappa shape index (κ3) is 4.21. The van der Waals surface area contributed by atoms with Gasteiger partial charge in [-0.3, -0.25) is 4.98 Å². The summed E-state index contributed by atoms with van der Waals surface area (Å²) in [7, 11) is 0. The molecule has 1 N–H and O–H groups in total. The van der Waals surface area contributed by atoms with Gasteiger partial charge in [-0.2, -0.15) is 13.2 Å². The number of pyridine rings is 1. The first-order chi connectivity index (χ1) is 12.8. The Balaban J connectivity index is 2.22. The SMILES string of the molecule is CCOC(=O)c1cnc2ccc(C(F)(F)F)cc2c1Nc1cccc(Br)c1. The highest BCUT2D eigenvalue weighted by Crippen LogP contribution is 2.36. The van der Waals surface area contributed by atoms with Crippen LogP contribution in [0.15, 0.2) is 53.1 Å². The Labute approximate surface area is 161 Å². The van der Waals surface area contributed by atoms with Crippen molar-refractivity contribution in [2.45, 2.75) is 13.1 Å². The second-order valence-electron chi connectivity index (χ2n) is 5.63. The van der Waals surface area contributed by atoms with Gasteiger partial charge < -0.3 is 10.1 Å². The molecule has 27 heavy (non-hydrogen) atoms. The van der Waals surface area contributed by atoms with Crippen molar-refractivity contribution in [3.8, 4) is 0 Å². The number of carbonyl (C=O) groups excluding carboxylic acids is 1. The molecule has 1 aromatic heterocycles. The molecule has 0 bridgehead atoms. The van der Waals surface area contributed by atoms with E-state index in [0.29, 0.717) is 11.2 Å². The Morgan fingerprint density at radius 2 is 2.00 bits per heavy atom. The molecule has 140 valence electrons. The monoisotopic (exact) mass is 438 g/mol. The predicted octanol–water partition coefficient (Wildman–Crippen LogP) is 5.94. The number of ether oxygens (including phenoxy) is 1. The summed E-state index contributed by atoms with van der Waals surface area (Å²) in [4.78, 5) is 16.4. The molecule has 0 aliphatic carbocycles. The topological polar surface area (TPSA) is 51.2 Å². The molecule has 8 heteroatoms. The summed E-state index contributed by atoms with van der Waals surface area (Å²) < 4.78 is 45.3. The van der Waals surface area contributed by atoms with Gasteiger partial charge in [-0.05, 0) is 43.3 Å². The average molecular weight is 439 g/mol. The van der Waals surface area contributed by atoms with E-state index in [9.17, 15) is 18.0 Å². The smallest absolute Gasteiger partial charge is 0.416 e. The van der Waals surface area contributed by atoms with Crippen LogP contribution >= 0.6 is 15.9 Å². The lowest BCUT2D eigenvalue weighted by Crippen LogP contribution is -2.10. The maximum Gasteiger partial charge on any atom is 0.416 e. The Kier molecular flexibility index (Phi) is 5.36. The van der Waals surface area contributed by atoms with Crippen molar-refractivity contribution in [1.29, 1.82) is 0 Å². The summed E-state index contributed by atoms with van der Waals surface area (Å²) in [6, 6.07) is 10.3. The number of benzene rings is 2. The van der Waals surface area contributed by atoms with Crippen molar-refractivity contribution in [1.82, 2.24) is 4.98 Å². The van der Waals surface area contributed by atoms with Crippen molar-refractivity contribution in [3.05, 3.63) is 64.3 Å².